The SMILES string of the molecule is CO[C@H]1O[C@H](C[Se][Se]C[C@H]2O[C@H](OC)[C@H](OCc3ccccc3)[C@@H](OCc3ccccc3)[C@@H]2OCc2ccccc2)[C@@H](OCc2ccccc2)[C@H](OCc2ccccc2)[C@H]1OCc1ccccc1. The first kappa shape index (κ1) is 50.4. The third-order valence-corrected chi connectivity index (χ3v) is 19.0. The molecule has 2 saturated heterocycles. The van der Waals surface area contributed by atoms with E-state index in [2.05, 4.69) is 72.8 Å². The normalized spacial score (nSPS) is 25.0. The fourth-order valence-electron chi connectivity index (χ4n) is 8.37. The van der Waals surface area contributed by atoms with Gasteiger partial charge in [0.05, 0.1) is 0 Å². The molecular formula is C56H62O10Se2. The first-order chi connectivity index (χ1) is 33.6. The second-order valence-electron chi connectivity index (χ2n) is 16.7. The number of methoxy groups -OCH3 is 2. The van der Waals surface area contributed by atoms with Crippen LogP contribution in [0.2, 0.25) is 10.6 Å². The minimum absolute atomic E-state index is 0.128. The summed E-state index contributed by atoms with van der Waals surface area (Å²) in [6, 6.07) is 61.2. The van der Waals surface area contributed by atoms with E-state index >= 15 is 0 Å². The van der Waals surface area contributed by atoms with Gasteiger partial charge in [-0.25, -0.2) is 0 Å². The van der Waals surface area contributed by atoms with E-state index in [-0.39, 0.29) is 38.5 Å². The van der Waals surface area contributed by atoms with Crippen molar-refractivity contribution in [3.05, 3.63) is 215 Å². The van der Waals surface area contributed by atoms with Crippen LogP contribution in [0, 0.1) is 0 Å². The molecule has 0 saturated carbocycles. The van der Waals surface area contributed by atoms with E-state index < -0.39 is 49.2 Å². The Morgan fingerprint density at radius 1 is 0.309 bits per heavy atom. The van der Waals surface area contributed by atoms with E-state index in [1.807, 2.05) is 109 Å². The van der Waals surface area contributed by atoms with Gasteiger partial charge in [-0.05, 0) is 0 Å². The van der Waals surface area contributed by atoms with Crippen molar-refractivity contribution in [1.29, 1.82) is 0 Å². The summed E-state index contributed by atoms with van der Waals surface area (Å²) in [5, 5.41) is 1.52. The first-order valence-electron chi connectivity index (χ1n) is 23.2. The van der Waals surface area contributed by atoms with Gasteiger partial charge in [-0.1, -0.05) is 0 Å². The summed E-state index contributed by atoms with van der Waals surface area (Å²) >= 11 is 0.256. The van der Waals surface area contributed by atoms with Gasteiger partial charge in [-0.3, -0.25) is 0 Å². The molecule has 0 spiro atoms. The molecule has 0 unspecified atom stereocenters. The topological polar surface area (TPSA) is 92.3 Å². The molecule has 8 rings (SSSR count). The zero-order chi connectivity index (χ0) is 46.6. The molecule has 10 atom stereocenters. The van der Waals surface area contributed by atoms with Gasteiger partial charge in [0.15, 0.2) is 0 Å². The van der Waals surface area contributed by atoms with Crippen LogP contribution in [0.3, 0.4) is 0 Å². The summed E-state index contributed by atoms with van der Waals surface area (Å²) in [5.41, 5.74) is 6.35. The van der Waals surface area contributed by atoms with Crippen LogP contribution in [0.25, 0.3) is 0 Å². The molecule has 0 N–H and O–H groups in total. The summed E-state index contributed by atoms with van der Waals surface area (Å²) in [6.07, 6.45) is -5.04. The van der Waals surface area contributed by atoms with Gasteiger partial charge in [0, 0.05) is 0 Å². The van der Waals surface area contributed by atoms with E-state index in [9.17, 15) is 0 Å². The van der Waals surface area contributed by atoms with Gasteiger partial charge in [0.2, 0.25) is 0 Å². The van der Waals surface area contributed by atoms with Crippen LogP contribution in [0.1, 0.15) is 33.4 Å². The number of hydrogen-bond donors (Lipinski definition) is 0. The maximum absolute atomic E-state index is 6.91. The Morgan fingerprint density at radius 3 is 0.765 bits per heavy atom. The van der Waals surface area contributed by atoms with E-state index in [1.54, 1.807) is 14.2 Å². The van der Waals surface area contributed by atoms with Crippen LogP contribution in [0.15, 0.2) is 182 Å². The molecule has 68 heavy (non-hydrogen) atoms. The van der Waals surface area contributed by atoms with Crippen molar-refractivity contribution in [2.24, 2.45) is 0 Å². The Hall–Kier alpha value is -4.04. The number of rotatable bonds is 25. The maximum atomic E-state index is 6.91. The van der Waals surface area contributed by atoms with Crippen LogP contribution in [-0.2, 0) is 87.0 Å². The molecule has 358 valence electrons. The zero-order valence-electron chi connectivity index (χ0n) is 38.6. The molecule has 2 heterocycles. The molecular weight excluding hydrogens is 991 g/mol. The minimum atomic E-state index is -0.681. The number of benzene rings is 6. The van der Waals surface area contributed by atoms with Crippen molar-refractivity contribution in [2.45, 2.75) is 112 Å². The zero-order valence-corrected chi connectivity index (χ0v) is 42.1. The molecule has 0 amide bonds. The first-order valence-corrected chi connectivity index (χ1v) is 29.9. The molecule has 2 aliphatic rings. The van der Waals surface area contributed by atoms with Crippen molar-refractivity contribution in [3.8, 4) is 0 Å². The van der Waals surface area contributed by atoms with Crippen LogP contribution in [0.4, 0.5) is 0 Å². The van der Waals surface area contributed by atoms with Gasteiger partial charge in [-0.15, -0.1) is 0 Å². The average Bonchev–Trinajstić information content (AvgIpc) is 3.40. The quantitative estimate of drug-likeness (QED) is 0.0408. The fraction of sp³-hybridized carbons (Fsp3) is 0.357. The van der Waals surface area contributed by atoms with Gasteiger partial charge in [0.25, 0.3) is 0 Å². The molecule has 0 bridgehead atoms. The van der Waals surface area contributed by atoms with E-state index in [0.717, 1.165) is 44.0 Å². The third-order valence-electron chi connectivity index (χ3n) is 11.9. The second-order valence-corrected chi connectivity index (χ2v) is 24.2. The van der Waals surface area contributed by atoms with Crippen molar-refractivity contribution < 1.29 is 47.4 Å². The second kappa shape index (κ2) is 27.4. The van der Waals surface area contributed by atoms with E-state index in [0.29, 0.717) is 39.6 Å². The van der Waals surface area contributed by atoms with Crippen molar-refractivity contribution >= 4 is 26.3 Å². The Morgan fingerprint density at radius 2 is 0.529 bits per heavy atom. The van der Waals surface area contributed by atoms with Crippen molar-refractivity contribution in [2.75, 3.05) is 14.2 Å². The Balaban J connectivity index is 1.02. The summed E-state index contributed by atoms with van der Waals surface area (Å²) in [4.78, 5) is 0. The van der Waals surface area contributed by atoms with Gasteiger partial charge >= 0.3 is 415 Å². The van der Waals surface area contributed by atoms with Crippen molar-refractivity contribution in [3.63, 3.8) is 0 Å². The van der Waals surface area contributed by atoms with Gasteiger partial charge in [-0.2, -0.15) is 0 Å². The predicted molar refractivity (Wildman–Crippen MR) is 263 cm³/mol. The summed E-state index contributed by atoms with van der Waals surface area (Å²) in [6.45, 7) is 2.29. The molecule has 6 aromatic carbocycles. The Bertz CT molecular complexity index is 2110. The molecule has 2 fully saturated rings. The van der Waals surface area contributed by atoms with E-state index in [4.69, 9.17) is 47.4 Å². The monoisotopic (exact) mass is 1050 g/mol. The summed E-state index contributed by atoms with van der Waals surface area (Å²) in [5.74, 6) is 0. The van der Waals surface area contributed by atoms with Gasteiger partial charge < -0.3 is 0 Å². The van der Waals surface area contributed by atoms with Crippen LogP contribution < -0.4 is 0 Å². The van der Waals surface area contributed by atoms with Crippen LogP contribution in [0.5, 0.6) is 0 Å². The summed E-state index contributed by atoms with van der Waals surface area (Å²) < 4.78 is 66.9. The predicted octanol–water partition coefficient (Wildman–Crippen LogP) is 9.40. The Kier molecular flexibility index (Phi) is 20.3. The average molecular weight is 1050 g/mol. The molecule has 2 aliphatic heterocycles. The molecule has 0 aliphatic carbocycles. The van der Waals surface area contributed by atoms with E-state index in [1.165, 1.54) is 0 Å². The van der Waals surface area contributed by atoms with Crippen LogP contribution >= 0.6 is 0 Å². The van der Waals surface area contributed by atoms with Gasteiger partial charge in [0.1, 0.15) is 0 Å². The standard InChI is InChI=1S/C56H62O10Se2/c1-57-55-53(63-37-45-29-17-7-18-30-45)51(61-35-43-25-13-5-14-26-43)49(59-33-41-21-9-3-10-22-41)47(65-55)39-67-68-40-48-50(60-34-42-23-11-4-12-24-42)52(62-36-44-27-15-6-16-28-44)54(56(58-2)66-48)64-38-46-31-19-8-20-32-46/h3-32,47-56H,33-40H2,1-2H3/t47-,48-,49-,50-,51+,52+,53-,54-,55+,56+/m1/s1. The number of ether oxygens (including phenoxy) is 10. The molecule has 12 heteroatoms. The summed E-state index contributed by atoms with van der Waals surface area (Å²) in [7, 11) is 3.34. The van der Waals surface area contributed by atoms with Crippen molar-refractivity contribution in [1.82, 2.24) is 0 Å². The molecule has 0 radical (unpaired) electrons. The van der Waals surface area contributed by atoms with Crippen LogP contribution in [-0.4, -0.2) is 102 Å². The Labute approximate surface area is 412 Å². The third kappa shape index (κ3) is 14.7. The molecule has 6 aromatic rings. The number of hydrogen-bond acceptors (Lipinski definition) is 10. The molecule has 0 aromatic heterocycles. The fourth-order valence-corrected chi connectivity index (χ4v) is 15.5. The molecule has 10 nitrogen and oxygen atoms in total.